The number of carbonyl (C=O) groups excluding carboxylic acids is 1. The molecule has 1 aromatic heterocycles. The van der Waals surface area contributed by atoms with Gasteiger partial charge in [-0.1, -0.05) is 30.3 Å². The number of thiophene rings is 1. The minimum absolute atomic E-state index is 0.0834. The van der Waals surface area contributed by atoms with Gasteiger partial charge in [0.25, 0.3) is 10.0 Å². The SMILES string of the molecule is CN1CCN(CC(NC(=O)Cc2ccc(S(=O)(=O)N3CCCC3)s2)c2ccccc2)CC1. The Bertz CT molecular complexity index is 995. The molecule has 9 heteroatoms. The summed E-state index contributed by atoms with van der Waals surface area (Å²) in [7, 11) is -1.30. The quantitative estimate of drug-likeness (QED) is 0.632. The van der Waals surface area contributed by atoms with Gasteiger partial charge in [0.05, 0.1) is 12.5 Å². The van der Waals surface area contributed by atoms with E-state index >= 15 is 0 Å². The van der Waals surface area contributed by atoms with E-state index < -0.39 is 10.0 Å². The average molecular weight is 477 g/mol. The van der Waals surface area contributed by atoms with E-state index in [0.717, 1.165) is 56.0 Å². The van der Waals surface area contributed by atoms with Crippen LogP contribution in [-0.4, -0.2) is 81.3 Å². The van der Waals surface area contributed by atoms with Gasteiger partial charge in [-0.15, -0.1) is 11.3 Å². The molecule has 2 aliphatic heterocycles. The van der Waals surface area contributed by atoms with Crippen molar-refractivity contribution in [2.45, 2.75) is 29.5 Å². The molecule has 0 aliphatic carbocycles. The van der Waals surface area contributed by atoms with Crippen LogP contribution in [0.25, 0.3) is 0 Å². The van der Waals surface area contributed by atoms with Gasteiger partial charge < -0.3 is 10.2 Å². The topological polar surface area (TPSA) is 73.0 Å². The molecule has 1 amide bonds. The highest BCUT2D eigenvalue weighted by atomic mass is 32.2. The molecule has 0 spiro atoms. The fourth-order valence-corrected chi connectivity index (χ4v) is 7.29. The zero-order valence-electron chi connectivity index (χ0n) is 18.6. The minimum Gasteiger partial charge on any atom is -0.348 e. The third kappa shape index (κ3) is 5.77. The Morgan fingerprint density at radius 3 is 2.38 bits per heavy atom. The lowest BCUT2D eigenvalue weighted by atomic mass is 10.1. The second kappa shape index (κ2) is 10.4. The second-order valence-electron chi connectivity index (χ2n) is 8.64. The summed E-state index contributed by atoms with van der Waals surface area (Å²) < 4.78 is 27.4. The van der Waals surface area contributed by atoms with Crippen LogP contribution in [0.2, 0.25) is 0 Å². The maximum atomic E-state index is 12.9. The van der Waals surface area contributed by atoms with Gasteiger partial charge in [-0.2, -0.15) is 4.31 Å². The third-order valence-corrected chi connectivity index (χ3v) is 9.66. The number of nitrogens with zero attached hydrogens (tertiary/aromatic N) is 3. The predicted molar refractivity (Wildman–Crippen MR) is 127 cm³/mol. The molecule has 2 aromatic rings. The Labute approximate surface area is 195 Å². The summed E-state index contributed by atoms with van der Waals surface area (Å²) >= 11 is 1.21. The van der Waals surface area contributed by atoms with Crippen molar-refractivity contribution in [2.75, 3.05) is 52.9 Å². The Morgan fingerprint density at radius 1 is 1.00 bits per heavy atom. The first kappa shape index (κ1) is 23.4. The van der Waals surface area contributed by atoms with Gasteiger partial charge in [-0.3, -0.25) is 9.69 Å². The summed E-state index contributed by atoms with van der Waals surface area (Å²) in [6.07, 6.45) is 2.01. The number of rotatable bonds is 8. The number of hydrogen-bond donors (Lipinski definition) is 1. The molecular formula is C23H32N4O3S2. The summed E-state index contributed by atoms with van der Waals surface area (Å²) in [6.45, 7) is 5.96. The molecule has 3 heterocycles. The number of piperazine rings is 1. The first-order chi connectivity index (χ1) is 15.4. The van der Waals surface area contributed by atoms with E-state index in [4.69, 9.17) is 0 Å². The molecule has 0 radical (unpaired) electrons. The number of amides is 1. The van der Waals surface area contributed by atoms with Crippen molar-refractivity contribution in [3.05, 3.63) is 52.9 Å². The number of benzene rings is 1. The molecular weight excluding hydrogens is 444 g/mol. The highest BCUT2D eigenvalue weighted by Crippen LogP contribution is 2.28. The summed E-state index contributed by atoms with van der Waals surface area (Å²) in [5, 5.41) is 3.20. The summed E-state index contributed by atoms with van der Waals surface area (Å²) in [4.78, 5) is 18.4. The van der Waals surface area contributed by atoms with Gasteiger partial charge in [-0.05, 0) is 37.6 Å². The summed E-state index contributed by atoms with van der Waals surface area (Å²) in [5.74, 6) is -0.0834. The Hall–Kier alpha value is -1.78. The van der Waals surface area contributed by atoms with Gasteiger partial charge in [0.1, 0.15) is 4.21 Å². The van der Waals surface area contributed by atoms with Gasteiger partial charge in [0.15, 0.2) is 0 Å². The lowest BCUT2D eigenvalue weighted by Crippen LogP contribution is -2.48. The second-order valence-corrected chi connectivity index (χ2v) is 12.0. The summed E-state index contributed by atoms with van der Waals surface area (Å²) in [6, 6.07) is 13.4. The van der Waals surface area contributed by atoms with E-state index in [1.165, 1.54) is 11.3 Å². The van der Waals surface area contributed by atoms with Crippen molar-refractivity contribution in [2.24, 2.45) is 0 Å². The zero-order valence-corrected chi connectivity index (χ0v) is 20.2. The van der Waals surface area contributed by atoms with Crippen LogP contribution in [0, 0.1) is 0 Å². The molecule has 1 aromatic carbocycles. The molecule has 32 heavy (non-hydrogen) atoms. The molecule has 2 aliphatic rings. The van der Waals surface area contributed by atoms with Crippen molar-refractivity contribution in [3.63, 3.8) is 0 Å². The summed E-state index contributed by atoms with van der Waals surface area (Å²) in [5.41, 5.74) is 1.09. The first-order valence-electron chi connectivity index (χ1n) is 11.3. The molecule has 2 saturated heterocycles. The van der Waals surface area contributed by atoms with Crippen LogP contribution in [0.3, 0.4) is 0 Å². The molecule has 7 nitrogen and oxygen atoms in total. The molecule has 0 saturated carbocycles. The van der Waals surface area contributed by atoms with E-state index in [-0.39, 0.29) is 18.4 Å². The van der Waals surface area contributed by atoms with Crippen LogP contribution in [-0.2, 0) is 21.2 Å². The molecule has 1 unspecified atom stereocenters. The van der Waals surface area contributed by atoms with Crippen molar-refractivity contribution < 1.29 is 13.2 Å². The molecule has 2 fully saturated rings. The predicted octanol–water partition coefficient (Wildman–Crippen LogP) is 2.18. The van der Waals surface area contributed by atoms with Crippen molar-refractivity contribution in [1.29, 1.82) is 0 Å². The first-order valence-corrected chi connectivity index (χ1v) is 13.5. The lowest BCUT2D eigenvalue weighted by molar-refractivity contribution is -0.121. The molecule has 0 bridgehead atoms. The fraction of sp³-hybridized carbons (Fsp3) is 0.522. The van der Waals surface area contributed by atoms with Gasteiger partial charge >= 0.3 is 0 Å². The molecule has 1 N–H and O–H groups in total. The van der Waals surface area contributed by atoms with Crippen LogP contribution in [0.4, 0.5) is 0 Å². The monoisotopic (exact) mass is 476 g/mol. The van der Waals surface area contributed by atoms with E-state index in [0.29, 0.717) is 17.3 Å². The number of likely N-dealkylation sites (N-methyl/N-ethyl adjacent to an activating group) is 1. The average Bonchev–Trinajstić information content (AvgIpc) is 3.48. The Balaban J connectivity index is 1.40. The van der Waals surface area contributed by atoms with E-state index in [1.54, 1.807) is 16.4 Å². The van der Waals surface area contributed by atoms with Crippen molar-refractivity contribution >= 4 is 27.3 Å². The normalized spacial score (nSPS) is 19.8. The maximum absolute atomic E-state index is 12.9. The largest absolute Gasteiger partial charge is 0.348 e. The van der Waals surface area contributed by atoms with Gasteiger partial charge in [0.2, 0.25) is 5.91 Å². The van der Waals surface area contributed by atoms with E-state index in [2.05, 4.69) is 22.2 Å². The lowest BCUT2D eigenvalue weighted by Gasteiger charge is -2.35. The van der Waals surface area contributed by atoms with Gasteiger partial charge in [-0.25, -0.2) is 8.42 Å². The molecule has 1 atom stereocenters. The zero-order chi connectivity index (χ0) is 22.6. The van der Waals surface area contributed by atoms with Crippen LogP contribution in [0.5, 0.6) is 0 Å². The van der Waals surface area contributed by atoms with Crippen LogP contribution < -0.4 is 5.32 Å². The third-order valence-electron chi connectivity index (χ3n) is 6.20. The van der Waals surface area contributed by atoms with Crippen molar-refractivity contribution in [3.8, 4) is 0 Å². The fourth-order valence-electron chi connectivity index (χ4n) is 4.26. The number of carbonyl (C=O) groups is 1. The standard InChI is InChI=1S/C23H32N4O3S2/c1-25-13-15-26(16-14-25)18-21(19-7-3-2-4-8-19)24-22(28)17-20-9-10-23(31-20)32(29,30)27-11-5-6-12-27/h2-4,7-10,21H,5-6,11-18H2,1H3,(H,24,28). The van der Waals surface area contributed by atoms with Crippen LogP contribution in [0.15, 0.2) is 46.7 Å². The van der Waals surface area contributed by atoms with Crippen LogP contribution >= 0.6 is 11.3 Å². The van der Waals surface area contributed by atoms with E-state index in [9.17, 15) is 13.2 Å². The van der Waals surface area contributed by atoms with Crippen LogP contribution in [0.1, 0.15) is 29.3 Å². The molecule has 4 rings (SSSR count). The highest BCUT2D eigenvalue weighted by Gasteiger charge is 2.29. The molecule has 174 valence electrons. The van der Waals surface area contributed by atoms with Gasteiger partial charge in [0, 0.05) is 50.7 Å². The number of hydrogen-bond acceptors (Lipinski definition) is 6. The Kier molecular flexibility index (Phi) is 7.63. The highest BCUT2D eigenvalue weighted by molar-refractivity contribution is 7.91. The Morgan fingerprint density at radius 2 is 1.69 bits per heavy atom. The smallest absolute Gasteiger partial charge is 0.252 e. The minimum atomic E-state index is -3.43. The number of nitrogens with one attached hydrogen (secondary N) is 1. The number of sulfonamides is 1. The van der Waals surface area contributed by atoms with E-state index in [1.807, 2.05) is 30.3 Å². The maximum Gasteiger partial charge on any atom is 0.252 e. The van der Waals surface area contributed by atoms with Crippen molar-refractivity contribution in [1.82, 2.24) is 19.4 Å².